The van der Waals surface area contributed by atoms with Crippen LogP contribution in [0.25, 0.3) is 0 Å². The fourth-order valence-corrected chi connectivity index (χ4v) is 3.45. The molecule has 0 radical (unpaired) electrons. The van der Waals surface area contributed by atoms with E-state index in [0.717, 1.165) is 32.3 Å². The highest BCUT2D eigenvalue weighted by atomic mass is 16.5. The monoisotopic (exact) mass is 267 g/mol. The van der Waals surface area contributed by atoms with Crippen molar-refractivity contribution >= 4 is 5.78 Å². The van der Waals surface area contributed by atoms with Crippen LogP contribution in [0.4, 0.5) is 0 Å². The maximum atomic E-state index is 12.9. The van der Waals surface area contributed by atoms with Crippen molar-refractivity contribution in [3.63, 3.8) is 0 Å². The normalized spacial score (nSPS) is 27.7. The van der Waals surface area contributed by atoms with Crippen molar-refractivity contribution in [2.45, 2.75) is 77.4 Å². The Morgan fingerprint density at radius 2 is 1.79 bits per heavy atom. The van der Waals surface area contributed by atoms with E-state index in [1.54, 1.807) is 0 Å². The molecule has 2 aliphatic rings. The van der Waals surface area contributed by atoms with Crippen LogP contribution in [-0.4, -0.2) is 23.5 Å². The fraction of sp³-hybridized carbons (Fsp3) is 0.938. The standard InChI is InChI=1S/C16H29NO2/c1-14(2,15(3,4)17)13(18)12-7-10-19-16(11-12)8-5-6-9-16/h12H,5-11,17H2,1-4H3. The predicted octanol–water partition coefficient (Wildman–Crippen LogP) is 3.06. The number of hydrogen-bond acceptors (Lipinski definition) is 3. The van der Waals surface area contributed by atoms with Gasteiger partial charge in [0.15, 0.2) is 0 Å². The molecule has 110 valence electrons. The van der Waals surface area contributed by atoms with Crippen molar-refractivity contribution in [3.8, 4) is 0 Å². The smallest absolute Gasteiger partial charge is 0.143 e. The van der Waals surface area contributed by atoms with Gasteiger partial charge in [0.1, 0.15) is 5.78 Å². The summed E-state index contributed by atoms with van der Waals surface area (Å²) in [5.41, 5.74) is 5.26. The van der Waals surface area contributed by atoms with Gasteiger partial charge in [0.25, 0.3) is 0 Å². The van der Waals surface area contributed by atoms with Crippen LogP contribution >= 0.6 is 0 Å². The number of hydrogen-bond donors (Lipinski definition) is 1. The Morgan fingerprint density at radius 1 is 1.21 bits per heavy atom. The first-order valence-electron chi connectivity index (χ1n) is 7.65. The molecule has 2 fully saturated rings. The van der Waals surface area contributed by atoms with Crippen LogP contribution in [0, 0.1) is 11.3 Å². The molecule has 0 aromatic rings. The molecular formula is C16H29NO2. The third kappa shape index (κ3) is 2.73. The van der Waals surface area contributed by atoms with E-state index in [1.165, 1.54) is 12.8 Å². The van der Waals surface area contributed by atoms with E-state index in [0.29, 0.717) is 5.78 Å². The molecule has 1 spiro atoms. The van der Waals surface area contributed by atoms with Crippen molar-refractivity contribution in [1.82, 2.24) is 0 Å². The lowest BCUT2D eigenvalue weighted by Crippen LogP contribution is -2.55. The highest BCUT2D eigenvalue weighted by molar-refractivity contribution is 5.87. The lowest BCUT2D eigenvalue weighted by atomic mass is 9.66. The van der Waals surface area contributed by atoms with E-state index in [1.807, 2.05) is 27.7 Å². The zero-order valence-corrected chi connectivity index (χ0v) is 12.9. The summed E-state index contributed by atoms with van der Waals surface area (Å²) < 4.78 is 6.02. The number of carbonyl (C=O) groups excluding carboxylic acids is 1. The van der Waals surface area contributed by atoms with Crippen molar-refractivity contribution in [1.29, 1.82) is 0 Å². The Kier molecular flexibility index (Phi) is 3.83. The second-order valence-electron chi connectivity index (χ2n) is 7.64. The zero-order valence-electron chi connectivity index (χ0n) is 12.9. The van der Waals surface area contributed by atoms with Crippen LogP contribution in [0.1, 0.15) is 66.2 Å². The molecule has 1 heterocycles. The Balaban J connectivity index is 2.11. The molecule has 1 saturated carbocycles. The van der Waals surface area contributed by atoms with Gasteiger partial charge >= 0.3 is 0 Å². The molecule has 3 heteroatoms. The summed E-state index contributed by atoms with van der Waals surface area (Å²) in [6.07, 6.45) is 6.51. The molecule has 0 aromatic carbocycles. The molecule has 1 aliphatic heterocycles. The minimum Gasteiger partial charge on any atom is -0.375 e. The zero-order chi connectivity index (χ0) is 14.3. The van der Waals surface area contributed by atoms with Crippen LogP contribution in [0.5, 0.6) is 0 Å². The summed E-state index contributed by atoms with van der Waals surface area (Å²) in [6.45, 7) is 8.63. The molecular weight excluding hydrogens is 238 g/mol. The second-order valence-corrected chi connectivity index (χ2v) is 7.64. The predicted molar refractivity (Wildman–Crippen MR) is 76.9 cm³/mol. The van der Waals surface area contributed by atoms with Gasteiger partial charge in [0.05, 0.1) is 5.60 Å². The third-order valence-electron chi connectivity index (χ3n) is 5.61. The molecule has 1 atom stereocenters. The van der Waals surface area contributed by atoms with Crippen LogP contribution in [0.3, 0.4) is 0 Å². The fourth-order valence-electron chi connectivity index (χ4n) is 3.45. The maximum absolute atomic E-state index is 12.9. The van der Waals surface area contributed by atoms with E-state index in [4.69, 9.17) is 10.5 Å². The number of ether oxygens (including phenoxy) is 1. The number of ketones is 1. The molecule has 3 nitrogen and oxygen atoms in total. The number of nitrogens with two attached hydrogens (primary N) is 1. The largest absolute Gasteiger partial charge is 0.375 e. The summed E-state index contributed by atoms with van der Waals surface area (Å²) in [6, 6.07) is 0. The Bertz CT molecular complexity index is 348. The molecule has 1 aliphatic carbocycles. The molecule has 19 heavy (non-hydrogen) atoms. The van der Waals surface area contributed by atoms with Crippen molar-refractivity contribution in [2.24, 2.45) is 17.1 Å². The van der Waals surface area contributed by atoms with Crippen molar-refractivity contribution < 1.29 is 9.53 Å². The minimum absolute atomic E-state index is 0.00734. The van der Waals surface area contributed by atoms with Gasteiger partial charge in [-0.25, -0.2) is 0 Å². The molecule has 1 unspecified atom stereocenters. The van der Waals surface area contributed by atoms with E-state index in [2.05, 4.69) is 0 Å². The first-order valence-corrected chi connectivity index (χ1v) is 7.65. The van der Waals surface area contributed by atoms with Gasteiger partial charge in [0.2, 0.25) is 0 Å². The SMILES string of the molecule is CC(C)(N)C(C)(C)C(=O)C1CCOC2(CCCC2)C1. The van der Waals surface area contributed by atoms with Gasteiger partial charge in [-0.1, -0.05) is 26.7 Å². The van der Waals surface area contributed by atoms with Gasteiger partial charge in [-0.2, -0.15) is 0 Å². The lowest BCUT2D eigenvalue weighted by Gasteiger charge is -2.43. The molecule has 2 N–H and O–H groups in total. The highest BCUT2D eigenvalue weighted by Crippen LogP contribution is 2.44. The molecule has 0 amide bonds. The van der Waals surface area contributed by atoms with Gasteiger partial charge in [-0.3, -0.25) is 4.79 Å². The van der Waals surface area contributed by atoms with Gasteiger partial charge < -0.3 is 10.5 Å². The summed E-state index contributed by atoms with van der Waals surface area (Å²) in [4.78, 5) is 12.9. The van der Waals surface area contributed by atoms with Gasteiger partial charge in [-0.05, 0) is 39.5 Å². The van der Waals surface area contributed by atoms with Crippen molar-refractivity contribution in [2.75, 3.05) is 6.61 Å². The summed E-state index contributed by atoms with van der Waals surface area (Å²) in [7, 11) is 0. The van der Waals surface area contributed by atoms with E-state index < -0.39 is 11.0 Å². The summed E-state index contributed by atoms with van der Waals surface area (Å²) in [5.74, 6) is 0.458. The van der Waals surface area contributed by atoms with Gasteiger partial charge in [0, 0.05) is 23.5 Å². The second kappa shape index (κ2) is 4.85. The van der Waals surface area contributed by atoms with E-state index in [9.17, 15) is 4.79 Å². The third-order valence-corrected chi connectivity index (χ3v) is 5.61. The van der Waals surface area contributed by atoms with Crippen molar-refractivity contribution in [3.05, 3.63) is 0 Å². The number of rotatable bonds is 3. The molecule has 0 aromatic heterocycles. The van der Waals surface area contributed by atoms with Crippen LogP contribution < -0.4 is 5.73 Å². The lowest BCUT2D eigenvalue weighted by molar-refractivity contribution is -0.146. The quantitative estimate of drug-likeness (QED) is 0.855. The topological polar surface area (TPSA) is 52.3 Å². The van der Waals surface area contributed by atoms with E-state index >= 15 is 0 Å². The van der Waals surface area contributed by atoms with Crippen LogP contribution in [0.15, 0.2) is 0 Å². The number of carbonyl (C=O) groups is 1. The Labute approximate surface area is 117 Å². The maximum Gasteiger partial charge on any atom is 0.143 e. The van der Waals surface area contributed by atoms with Gasteiger partial charge in [-0.15, -0.1) is 0 Å². The first-order chi connectivity index (χ1) is 8.68. The average Bonchev–Trinajstić information content (AvgIpc) is 2.74. The molecule has 1 saturated heterocycles. The van der Waals surface area contributed by atoms with Crippen LogP contribution in [0.2, 0.25) is 0 Å². The highest BCUT2D eigenvalue weighted by Gasteiger charge is 2.48. The molecule has 2 rings (SSSR count). The average molecular weight is 267 g/mol. The molecule has 0 bridgehead atoms. The number of Topliss-reactive ketones (excluding diaryl/α,β-unsaturated/α-hetero) is 1. The summed E-state index contributed by atoms with van der Waals surface area (Å²) >= 11 is 0. The minimum atomic E-state index is -0.481. The Hall–Kier alpha value is -0.410. The Morgan fingerprint density at radius 3 is 2.32 bits per heavy atom. The van der Waals surface area contributed by atoms with Crippen LogP contribution in [-0.2, 0) is 9.53 Å². The van der Waals surface area contributed by atoms with E-state index in [-0.39, 0.29) is 11.5 Å². The summed E-state index contributed by atoms with van der Waals surface area (Å²) in [5, 5.41) is 0. The first kappa shape index (κ1) is 15.0.